The van der Waals surface area contributed by atoms with Gasteiger partial charge in [0.25, 0.3) is 0 Å². The number of nitrogens with zero attached hydrogens (tertiary/aromatic N) is 1. The van der Waals surface area contributed by atoms with Gasteiger partial charge in [0.05, 0.1) is 13.2 Å². The zero-order chi connectivity index (χ0) is 12.9. The number of rotatable bonds is 5. The first-order valence-electron chi connectivity index (χ1n) is 5.83. The summed E-state index contributed by atoms with van der Waals surface area (Å²) < 4.78 is 5.03. The quantitative estimate of drug-likeness (QED) is 0.826. The van der Waals surface area contributed by atoms with Gasteiger partial charge in [-0.2, -0.15) is 0 Å². The first-order chi connectivity index (χ1) is 7.90. The Morgan fingerprint density at radius 2 is 2.18 bits per heavy atom. The van der Waals surface area contributed by atoms with Crippen LogP contribution in [0, 0.1) is 5.41 Å². The molecule has 0 amide bonds. The van der Waals surface area contributed by atoms with Crippen molar-refractivity contribution in [3.63, 3.8) is 0 Å². The molecule has 1 aromatic heterocycles. The van der Waals surface area contributed by atoms with Gasteiger partial charge in [0, 0.05) is 24.5 Å². The zero-order valence-electron chi connectivity index (χ0n) is 11.0. The number of ether oxygens (including phenoxy) is 1. The molecule has 4 heteroatoms. The second-order valence-corrected chi connectivity index (χ2v) is 5.39. The number of nitrogens with one attached hydrogen (secondary N) is 1. The molecule has 1 unspecified atom stereocenters. The maximum Gasteiger partial charge on any atom is 0.214 e. The van der Waals surface area contributed by atoms with E-state index in [9.17, 15) is 5.11 Å². The summed E-state index contributed by atoms with van der Waals surface area (Å²) in [6, 6.07) is 3.66. The summed E-state index contributed by atoms with van der Waals surface area (Å²) >= 11 is 0. The number of aliphatic hydroxyl groups excluding tert-OH is 1. The van der Waals surface area contributed by atoms with Crippen LogP contribution in [0.5, 0.6) is 5.88 Å². The average molecular weight is 238 g/mol. The SMILES string of the molecule is COc1cc(NCC(O)CC(C)(C)C)ccn1. The van der Waals surface area contributed by atoms with E-state index in [2.05, 4.69) is 31.1 Å². The van der Waals surface area contributed by atoms with Crippen LogP contribution in [-0.4, -0.2) is 29.8 Å². The Bertz CT molecular complexity index is 348. The predicted octanol–water partition coefficient (Wildman–Crippen LogP) is 2.30. The highest BCUT2D eigenvalue weighted by Crippen LogP contribution is 2.21. The third-order valence-electron chi connectivity index (χ3n) is 2.33. The van der Waals surface area contributed by atoms with Crippen LogP contribution in [0.25, 0.3) is 0 Å². The van der Waals surface area contributed by atoms with Gasteiger partial charge < -0.3 is 15.2 Å². The molecule has 0 aliphatic carbocycles. The fourth-order valence-corrected chi connectivity index (χ4v) is 1.65. The molecule has 17 heavy (non-hydrogen) atoms. The Kier molecular flexibility index (Phi) is 4.75. The molecule has 0 spiro atoms. The topological polar surface area (TPSA) is 54.4 Å². The van der Waals surface area contributed by atoms with Crippen LogP contribution >= 0.6 is 0 Å². The van der Waals surface area contributed by atoms with E-state index in [4.69, 9.17) is 4.74 Å². The van der Waals surface area contributed by atoms with Crippen LogP contribution in [0.15, 0.2) is 18.3 Å². The first kappa shape index (κ1) is 13.8. The summed E-state index contributed by atoms with van der Waals surface area (Å²) in [7, 11) is 1.58. The smallest absolute Gasteiger partial charge is 0.214 e. The van der Waals surface area contributed by atoms with Crippen molar-refractivity contribution in [3.8, 4) is 5.88 Å². The Morgan fingerprint density at radius 1 is 1.47 bits per heavy atom. The third kappa shape index (κ3) is 5.54. The van der Waals surface area contributed by atoms with E-state index in [1.165, 1.54) is 0 Å². The number of hydrogen-bond acceptors (Lipinski definition) is 4. The normalized spacial score (nSPS) is 13.2. The van der Waals surface area contributed by atoms with E-state index >= 15 is 0 Å². The molecule has 0 bridgehead atoms. The second kappa shape index (κ2) is 5.87. The highest BCUT2D eigenvalue weighted by Gasteiger charge is 2.16. The van der Waals surface area contributed by atoms with Gasteiger partial charge in [-0.25, -0.2) is 4.98 Å². The molecule has 0 saturated carbocycles. The molecule has 1 heterocycles. The summed E-state index contributed by atoms with van der Waals surface area (Å²) in [4.78, 5) is 4.02. The molecule has 0 aliphatic heterocycles. The minimum absolute atomic E-state index is 0.136. The predicted molar refractivity (Wildman–Crippen MR) is 69.4 cm³/mol. The Morgan fingerprint density at radius 3 is 2.76 bits per heavy atom. The van der Waals surface area contributed by atoms with Crippen molar-refractivity contribution >= 4 is 5.69 Å². The monoisotopic (exact) mass is 238 g/mol. The Labute approximate surface area is 103 Å². The summed E-state index contributed by atoms with van der Waals surface area (Å²) in [6.07, 6.45) is 2.09. The van der Waals surface area contributed by atoms with E-state index in [0.717, 1.165) is 12.1 Å². The van der Waals surface area contributed by atoms with Crippen molar-refractivity contribution in [2.24, 2.45) is 5.41 Å². The maximum atomic E-state index is 9.86. The molecule has 0 radical (unpaired) electrons. The number of anilines is 1. The largest absolute Gasteiger partial charge is 0.481 e. The van der Waals surface area contributed by atoms with Crippen molar-refractivity contribution in [2.45, 2.75) is 33.3 Å². The number of pyridine rings is 1. The van der Waals surface area contributed by atoms with E-state index in [1.807, 2.05) is 12.1 Å². The lowest BCUT2D eigenvalue weighted by Crippen LogP contribution is -2.25. The highest BCUT2D eigenvalue weighted by molar-refractivity contribution is 5.44. The summed E-state index contributed by atoms with van der Waals surface area (Å²) in [6.45, 7) is 6.88. The lowest BCUT2D eigenvalue weighted by molar-refractivity contribution is 0.132. The van der Waals surface area contributed by atoms with Crippen molar-refractivity contribution in [2.75, 3.05) is 19.0 Å². The summed E-state index contributed by atoms with van der Waals surface area (Å²) in [5.74, 6) is 0.570. The zero-order valence-corrected chi connectivity index (χ0v) is 11.0. The molecule has 4 nitrogen and oxygen atoms in total. The molecule has 96 valence electrons. The third-order valence-corrected chi connectivity index (χ3v) is 2.33. The lowest BCUT2D eigenvalue weighted by atomic mass is 9.89. The van der Waals surface area contributed by atoms with E-state index in [-0.39, 0.29) is 11.5 Å². The molecule has 0 fully saturated rings. The van der Waals surface area contributed by atoms with Crippen LogP contribution < -0.4 is 10.1 Å². The fourth-order valence-electron chi connectivity index (χ4n) is 1.65. The van der Waals surface area contributed by atoms with Crippen LogP contribution in [0.3, 0.4) is 0 Å². The van der Waals surface area contributed by atoms with E-state index < -0.39 is 0 Å². The molecule has 0 saturated heterocycles. The second-order valence-electron chi connectivity index (χ2n) is 5.39. The minimum atomic E-state index is -0.353. The first-order valence-corrected chi connectivity index (χ1v) is 5.83. The summed E-state index contributed by atoms with van der Waals surface area (Å²) in [5, 5.41) is 13.0. The average Bonchev–Trinajstić information content (AvgIpc) is 2.24. The van der Waals surface area contributed by atoms with E-state index in [1.54, 1.807) is 13.3 Å². The molecule has 1 atom stereocenters. The summed E-state index contributed by atoms with van der Waals surface area (Å²) in [5.41, 5.74) is 1.04. The maximum absolute atomic E-state index is 9.86. The molecule has 1 rings (SSSR count). The molecular formula is C13H22N2O2. The molecule has 1 aromatic rings. The number of methoxy groups -OCH3 is 1. The van der Waals surface area contributed by atoms with Gasteiger partial charge in [0.1, 0.15) is 0 Å². The van der Waals surface area contributed by atoms with Crippen molar-refractivity contribution in [1.82, 2.24) is 4.98 Å². The molecule has 0 aliphatic rings. The molecular weight excluding hydrogens is 216 g/mol. The van der Waals surface area contributed by atoms with E-state index in [0.29, 0.717) is 12.4 Å². The Hall–Kier alpha value is -1.29. The standard InChI is InChI=1S/C13H22N2O2/c1-13(2,3)8-11(16)9-15-10-5-6-14-12(7-10)17-4/h5-7,11,16H,8-9H2,1-4H3,(H,14,15). The van der Waals surface area contributed by atoms with Gasteiger partial charge >= 0.3 is 0 Å². The van der Waals surface area contributed by atoms with Gasteiger partial charge in [-0.3, -0.25) is 0 Å². The lowest BCUT2D eigenvalue weighted by Gasteiger charge is -2.22. The number of aliphatic hydroxyl groups is 1. The number of aromatic nitrogens is 1. The van der Waals surface area contributed by atoms with Crippen LogP contribution in [-0.2, 0) is 0 Å². The van der Waals surface area contributed by atoms with Crippen LogP contribution in [0.2, 0.25) is 0 Å². The Balaban J connectivity index is 2.44. The molecule has 0 aromatic carbocycles. The van der Waals surface area contributed by atoms with Gasteiger partial charge in [0.2, 0.25) is 5.88 Å². The van der Waals surface area contributed by atoms with Gasteiger partial charge in [-0.15, -0.1) is 0 Å². The van der Waals surface area contributed by atoms with Crippen molar-refractivity contribution < 1.29 is 9.84 Å². The van der Waals surface area contributed by atoms with Crippen LogP contribution in [0.4, 0.5) is 5.69 Å². The number of hydrogen-bond donors (Lipinski definition) is 2. The van der Waals surface area contributed by atoms with Crippen LogP contribution in [0.1, 0.15) is 27.2 Å². The molecule has 2 N–H and O–H groups in total. The van der Waals surface area contributed by atoms with Crippen molar-refractivity contribution in [1.29, 1.82) is 0 Å². The highest BCUT2D eigenvalue weighted by atomic mass is 16.5. The fraction of sp³-hybridized carbons (Fsp3) is 0.615. The van der Waals surface area contributed by atoms with Gasteiger partial charge in [-0.05, 0) is 17.9 Å². The van der Waals surface area contributed by atoms with Gasteiger partial charge in [-0.1, -0.05) is 20.8 Å². The van der Waals surface area contributed by atoms with Crippen molar-refractivity contribution in [3.05, 3.63) is 18.3 Å². The minimum Gasteiger partial charge on any atom is -0.481 e. The van der Waals surface area contributed by atoms with Gasteiger partial charge in [0.15, 0.2) is 0 Å².